The number of hydrogen-bond donors (Lipinski definition) is 2. The van der Waals surface area contributed by atoms with Crippen molar-refractivity contribution in [1.29, 1.82) is 0 Å². The van der Waals surface area contributed by atoms with E-state index in [1.807, 2.05) is 0 Å². The van der Waals surface area contributed by atoms with Crippen LogP contribution in [0.2, 0.25) is 0 Å². The van der Waals surface area contributed by atoms with Crippen LogP contribution in [0.4, 0.5) is 0 Å². The van der Waals surface area contributed by atoms with Crippen LogP contribution < -0.4 is 10.6 Å². The average molecular weight is 212 g/mol. The maximum absolute atomic E-state index is 11.7. The predicted octanol–water partition coefficient (Wildman–Crippen LogP) is 1.68. The topological polar surface area (TPSA) is 41.1 Å². The molecule has 2 atom stereocenters. The summed E-state index contributed by atoms with van der Waals surface area (Å²) in [6.45, 7) is 7.51. The Morgan fingerprint density at radius 2 is 2.13 bits per heavy atom. The van der Waals surface area contributed by atoms with Crippen molar-refractivity contribution in [2.75, 3.05) is 6.54 Å². The Morgan fingerprint density at radius 3 is 2.67 bits per heavy atom. The summed E-state index contributed by atoms with van der Waals surface area (Å²) in [4.78, 5) is 11.7. The Bertz CT molecular complexity index is 198. The molecule has 0 aromatic carbocycles. The van der Waals surface area contributed by atoms with E-state index in [0.717, 1.165) is 25.8 Å². The second-order valence-electron chi connectivity index (χ2n) is 5.03. The van der Waals surface area contributed by atoms with E-state index in [2.05, 4.69) is 31.4 Å². The van der Waals surface area contributed by atoms with Crippen molar-refractivity contribution in [2.45, 2.75) is 58.5 Å². The van der Waals surface area contributed by atoms with Crippen molar-refractivity contribution in [3.8, 4) is 0 Å². The first kappa shape index (κ1) is 12.5. The van der Waals surface area contributed by atoms with Crippen molar-refractivity contribution >= 4 is 5.91 Å². The van der Waals surface area contributed by atoms with E-state index in [9.17, 15) is 4.79 Å². The van der Waals surface area contributed by atoms with Crippen molar-refractivity contribution in [3.63, 3.8) is 0 Å². The molecule has 0 bridgehead atoms. The lowest BCUT2D eigenvalue weighted by Crippen LogP contribution is -2.44. The molecule has 0 aliphatic carbocycles. The molecule has 0 aromatic rings. The van der Waals surface area contributed by atoms with Gasteiger partial charge in [-0.1, -0.05) is 13.8 Å². The minimum Gasteiger partial charge on any atom is -0.352 e. The highest BCUT2D eigenvalue weighted by Crippen LogP contribution is 2.08. The molecular formula is C12H24N2O. The molecule has 1 rings (SSSR count). The highest BCUT2D eigenvalue weighted by atomic mass is 16.2. The monoisotopic (exact) mass is 212 g/mol. The minimum atomic E-state index is 0.0616. The van der Waals surface area contributed by atoms with Crippen LogP contribution in [-0.2, 0) is 4.79 Å². The van der Waals surface area contributed by atoms with Gasteiger partial charge >= 0.3 is 0 Å². The van der Waals surface area contributed by atoms with Gasteiger partial charge in [0.25, 0.3) is 0 Å². The third-order valence-corrected chi connectivity index (χ3v) is 2.94. The zero-order chi connectivity index (χ0) is 11.3. The zero-order valence-electron chi connectivity index (χ0n) is 10.2. The molecule has 1 unspecified atom stereocenters. The summed E-state index contributed by atoms with van der Waals surface area (Å²) in [5.41, 5.74) is 0. The molecule has 1 fully saturated rings. The van der Waals surface area contributed by atoms with Gasteiger partial charge in [-0.2, -0.15) is 0 Å². The maximum Gasteiger partial charge on any atom is 0.237 e. The third kappa shape index (κ3) is 4.65. The van der Waals surface area contributed by atoms with Gasteiger partial charge in [-0.05, 0) is 45.1 Å². The fourth-order valence-corrected chi connectivity index (χ4v) is 1.91. The Morgan fingerprint density at radius 1 is 1.40 bits per heavy atom. The summed E-state index contributed by atoms with van der Waals surface area (Å²) in [5.74, 6) is 0.901. The Kier molecular flexibility index (Phi) is 5.09. The molecule has 0 aromatic heterocycles. The first-order valence-corrected chi connectivity index (χ1v) is 6.13. The van der Waals surface area contributed by atoms with E-state index >= 15 is 0 Å². The van der Waals surface area contributed by atoms with Gasteiger partial charge in [0.2, 0.25) is 5.91 Å². The summed E-state index contributed by atoms with van der Waals surface area (Å²) in [6, 6.07) is 0.369. The number of nitrogens with one attached hydrogen (secondary N) is 2. The summed E-state index contributed by atoms with van der Waals surface area (Å²) >= 11 is 0. The van der Waals surface area contributed by atoms with Crippen molar-refractivity contribution < 1.29 is 4.79 Å². The molecule has 1 amide bonds. The molecule has 0 saturated carbocycles. The fraction of sp³-hybridized carbons (Fsp3) is 0.917. The summed E-state index contributed by atoms with van der Waals surface area (Å²) in [7, 11) is 0. The summed E-state index contributed by atoms with van der Waals surface area (Å²) in [5, 5.41) is 6.29. The zero-order valence-corrected chi connectivity index (χ0v) is 10.2. The van der Waals surface area contributed by atoms with Crippen LogP contribution in [0.1, 0.15) is 46.5 Å². The van der Waals surface area contributed by atoms with Gasteiger partial charge in [-0.15, -0.1) is 0 Å². The molecule has 0 spiro atoms. The van der Waals surface area contributed by atoms with Crippen LogP contribution in [0.15, 0.2) is 0 Å². The van der Waals surface area contributed by atoms with Gasteiger partial charge in [-0.25, -0.2) is 0 Å². The van der Waals surface area contributed by atoms with E-state index in [0.29, 0.717) is 12.0 Å². The second-order valence-corrected chi connectivity index (χ2v) is 5.03. The Hall–Kier alpha value is -0.570. The molecule has 3 nitrogen and oxygen atoms in total. The molecule has 3 heteroatoms. The van der Waals surface area contributed by atoms with Gasteiger partial charge in [0.1, 0.15) is 0 Å². The normalized spacial score (nSPS) is 23.1. The van der Waals surface area contributed by atoms with E-state index < -0.39 is 0 Å². The molecule has 0 radical (unpaired) electrons. The molecular weight excluding hydrogens is 188 g/mol. The number of carbonyl (C=O) groups excluding carboxylic acids is 1. The van der Waals surface area contributed by atoms with E-state index in [-0.39, 0.29) is 11.9 Å². The number of rotatable bonds is 5. The minimum absolute atomic E-state index is 0.0616. The SMILES string of the molecule is CC(C)CCC(C)NC(=O)[C@H]1CCCN1. The molecule has 1 heterocycles. The molecule has 88 valence electrons. The number of amides is 1. The van der Waals surface area contributed by atoms with Crippen LogP contribution in [0.25, 0.3) is 0 Å². The van der Waals surface area contributed by atoms with Crippen molar-refractivity contribution in [3.05, 3.63) is 0 Å². The molecule has 2 N–H and O–H groups in total. The average Bonchev–Trinajstić information content (AvgIpc) is 2.67. The van der Waals surface area contributed by atoms with Crippen LogP contribution >= 0.6 is 0 Å². The van der Waals surface area contributed by atoms with Crippen LogP contribution in [0.3, 0.4) is 0 Å². The van der Waals surface area contributed by atoms with E-state index in [1.165, 1.54) is 6.42 Å². The third-order valence-electron chi connectivity index (χ3n) is 2.94. The van der Waals surface area contributed by atoms with Crippen LogP contribution in [-0.4, -0.2) is 24.5 Å². The van der Waals surface area contributed by atoms with Gasteiger partial charge in [-0.3, -0.25) is 4.79 Å². The van der Waals surface area contributed by atoms with Gasteiger partial charge in [0, 0.05) is 6.04 Å². The lowest BCUT2D eigenvalue weighted by atomic mass is 10.0. The number of carbonyl (C=O) groups is 1. The Balaban J connectivity index is 2.18. The van der Waals surface area contributed by atoms with Crippen LogP contribution in [0, 0.1) is 5.92 Å². The maximum atomic E-state index is 11.7. The van der Waals surface area contributed by atoms with Crippen LogP contribution in [0.5, 0.6) is 0 Å². The quantitative estimate of drug-likeness (QED) is 0.728. The van der Waals surface area contributed by atoms with Gasteiger partial charge in [0.15, 0.2) is 0 Å². The van der Waals surface area contributed by atoms with Crippen molar-refractivity contribution in [2.24, 2.45) is 5.92 Å². The smallest absolute Gasteiger partial charge is 0.237 e. The Labute approximate surface area is 93.0 Å². The largest absolute Gasteiger partial charge is 0.352 e. The second kappa shape index (κ2) is 6.11. The van der Waals surface area contributed by atoms with Gasteiger partial charge < -0.3 is 10.6 Å². The van der Waals surface area contributed by atoms with Crippen molar-refractivity contribution in [1.82, 2.24) is 10.6 Å². The summed E-state index contributed by atoms with van der Waals surface area (Å²) in [6.07, 6.45) is 4.37. The molecule has 1 aliphatic heterocycles. The van der Waals surface area contributed by atoms with Gasteiger partial charge in [0.05, 0.1) is 6.04 Å². The highest BCUT2D eigenvalue weighted by Gasteiger charge is 2.22. The van der Waals surface area contributed by atoms with E-state index in [1.54, 1.807) is 0 Å². The predicted molar refractivity (Wildman–Crippen MR) is 62.7 cm³/mol. The fourth-order valence-electron chi connectivity index (χ4n) is 1.91. The first-order valence-electron chi connectivity index (χ1n) is 6.13. The highest BCUT2D eigenvalue weighted by molar-refractivity contribution is 5.82. The number of hydrogen-bond acceptors (Lipinski definition) is 2. The lowest BCUT2D eigenvalue weighted by molar-refractivity contribution is -0.123. The molecule has 1 saturated heterocycles. The summed E-state index contributed by atoms with van der Waals surface area (Å²) < 4.78 is 0. The molecule has 15 heavy (non-hydrogen) atoms. The molecule has 1 aliphatic rings. The first-order chi connectivity index (χ1) is 7.09. The lowest BCUT2D eigenvalue weighted by Gasteiger charge is -2.17. The van der Waals surface area contributed by atoms with E-state index in [4.69, 9.17) is 0 Å². The standard InChI is InChI=1S/C12H24N2O/c1-9(2)6-7-10(3)14-12(15)11-5-4-8-13-11/h9-11,13H,4-8H2,1-3H3,(H,14,15)/t10?,11-/m1/s1.